The Bertz CT molecular complexity index is 713. The maximum absolute atomic E-state index is 12.9. The molecule has 2 N–H and O–H groups in total. The number of carbonyl (C=O) groups excluding carboxylic acids is 1. The quantitative estimate of drug-likeness (QED) is 0.833. The lowest BCUT2D eigenvalue weighted by molar-refractivity contribution is -0.134. The monoisotopic (exact) mass is 358 g/mol. The number of ether oxygens (including phenoxy) is 2. The third-order valence-corrected chi connectivity index (χ3v) is 4.28. The van der Waals surface area contributed by atoms with E-state index in [-0.39, 0.29) is 17.8 Å². The molecule has 1 aliphatic rings. The third kappa shape index (κ3) is 5.03. The molecule has 138 valence electrons. The molecular weight excluding hydrogens is 335 g/mol. The first-order chi connectivity index (χ1) is 12.6. The van der Waals surface area contributed by atoms with Gasteiger partial charge in [0, 0.05) is 13.1 Å². The van der Waals surface area contributed by atoms with Crippen LogP contribution in [0.3, 0.4) is 0 Å². The predicted octanol–water partition coefficient (Wildman–Crippen LogP) is 2.57. The lowest BCUT2D eigenvalue weighted by atomic mass is 10.1. The Labute approximate surface area is 152 Å². The largest absolute Gasteiger partial charge is 0.489 e. The van der Waals surface area contributed by atoms with Crippen LogP contribution in [0, 0.1) is 5.82 Å². The van der Waals surface area contributed by atoms with Crippen LogP contribution in [0.1, 0.15) is 24.1 Å². The lowest BCUT2D eigenvalue weighted by Crippen LogP contribution is -2.48. The Kier molecular flexibility index (Phi) is 6.20. The molecular formula is C20H23FN2O3. The fourth-order valence-corrected chi connectivity index (χ4v) is 2.72. The van der Waals surface area contributed by atoms with Crippen molar-refractivity contribution in [1.29, 1.82) is 0 Å². The fourth-order valence-electron chi connectivity index (χ4n) is 2.72. The Hall–Kier alpha value is -2.44. The van der Waals surface area contributed by atoms with E-state index in [4.69, 9.17) is 9.47 Å². The molecule has 3 rings (SSSR count). The van der Waals surface area contributed by atoms with Gasteiger partial charge in [0.1, 0.15) is 24.3 Å². The average Bonchev–Trinajstić information content (AvgIpc) is 2.68. The highest BCUT2D eigenvalue weighted by molar-refractivity contribution is 5.81. The molecule has 0 saturated carbocycles. The van der Waals surface area contributed by atoms with Crippen LogP contribution in [-0.2, 0) is 16.1 Å². The molecule has 6 heteroatoms. The highest BCUT2D eigenvalue weighted by Gasteiger charge is 2.23. The van der Waals surface area contributed by atoms with E-state index in [9.17, 15) is 9.18 Å². The summed E-state index contributed by atoms with van der Waals surface area (Å²) in [6.45, 7) is 4.17. The summed E-state index contributed by atoms with van der Waals surface area (Å²) in [6, 6.07) is 13.7. The topological polar surface area (TPSA) is 59.6 Å². The Balaban J connectivity index is 1.51. The van der Waals surface area contributed by atoms with Crippen molar-refractivity contribution >= 4 is 5.91 Å². The van der Waals surface area contributed by atoms with Gasteiger partial charge in [-0.3, -0.25) is 4.79 Å². The highest BCUT2D eigenvalue weighted by atomic mass is 19.1. The molecule has 5 nitrogen and oxygen atoms in total. The Morgan fingerprint density at radius 3 is 2.65 bits per heavy atom. The smallest absolute Gasteiger partial charge is 0.250 e. The summed E-state index contributed by atoms with van der Waals surface area (Å²) in [5.41, 5.74) is 1.88. The van der Waals surface area contributed by atoms with Gasteiger partial charge in [-0.25, -0.2) is 4.39 Å². The van der Waals surface area contributed by atoms with Crippen LogP contribution in [0.25, 0.3) is 0 Å². The van der Waals surface area contributed by atoms with E-state index in [1.54, 1.807) is 12.1 Å². The number of amides is 1. The van der Waals surface area contributed by atoms with Crippen molar-refractivity contribution in [2.24, 2.45) is 0 Å². The Morgan fingerprint density at radius 1 is 1.27 bits per heavy atom. The molecule has 0 aromatic heterocycles. The first-order valence-electron chi connectivity index (χ1n) is 8.72. The maximum atomic E-state index is 12.9. The van der Waals surface area contributed by atoms with Crippen LogP contribution >= 0.6 is 0 Å². The van der Waals surface area contributed by atoms with Crippen LogP contribution in [0.5, 0.6) is 5.75 Å². The molecule has 0 bridgehead atoms. The Morgan fingerprint density at radius 2 is 2.00 bits per heavy atom. The molecule has 2 aromatic rings. The first kappa shape index (κ1) is 18.4. The van der Waals surface area contributed by atoms with Crippen molar-refractivity contribution in [1.82, 2.24) is 10.6 Å². The summed E-state index contributed by atoms with van der Waals surface area (Å²) in [5.74, 6) is 0.348. The number of morpholine rings is 1. The van der Waals surface area contributed by atoms with E-state index >= 15 is 0 Å². The van der Waals surface area contributed by atoms with Gasteiger partial charge in [-0.05, 0) is 42.3 Å². The molecule has 26 heavy (non-hydrogen) atoms. The minimum absolute atomic E-state index is 0.110. The van der Waals surface area contributed by atoms with Gasteiger partial charge in [-0.2, -0.15) is 0 Å². The second kappa shape index (κ2) is 8.78. The van der Waals surface area contributed by atoms with Gasteiger partial charge in [-0.1, -0.05) is 24.3 Å². The van der Waals surface area contributed by atoms with Crippen molar-refractivity contribution in [3.05, 3.63) is 65.5 Å². The van der Waals surface area contributed by atoms with Crippen LogP contribution in [0.4, 0.5) is 4.39 Å². The van der Waals surface area contributed by atoms with Crippen molar-refractivity contribution in [2.45, 2.75) is 25.7 Å². The van der Waals surface area contributed by atoms with Gasteiger partial charge < -0.3 is 20.1 Å². The third-order valence-electron chi connectivity index (χ3n) is 4.28. The van der Waals surface area contributed by atoms with E-state index in [0.29, 0.717) is 19.8 Å². The molecule has 0 radical (unpaired) electrons. The van der Waals surface area contributed by atoms with Crippen molar-refractivity contribution < 1.29 is 18.7 Å². The molecule has 0 spiro atoms. The van der Waals surface area contributed by atoms with E-state index < -0.39 is 6.10 Å². The number of hydrogen-bond donors (Lipinski definition) is 2. The maximum Gasteiger partial charge on any atom is 0.250 e. The van der Waals surface area contributed by atoms with Crippen molar-refractivity contribution in [3.8, 4) is 5.75 Å². The van der Waals surface area contributed by atoms with Crippen LogP contribution in [-0.4, -0.2) is 31.7 Å². The molecule has 2 unspecified atom stereocenters. The molecule has 1 amide bonds. The summed E-state index contributed by atoms with van der Waals surface area (Å²) in [7, 11) is 0. The number of nitrogens with one attached hydrogen (secondary N) is 2. The number of rotatable bonds is 6. The summed E-state index contributed by atoms with van der Waals surface area (Å²) >= 11 is 0. The average molecular weight is 358 g/mol. The van der Waals surface area contributed by atoms with Crippen LogP contribution in [0.15, 0.2) is 48.5 Å². The molecule has 0 aliphatic carbocycles. The van der Waals surface area contributed by atoms with Crippen molar-refractivity contribution in [3.63, 3.8) is 0 Å². The summed E-state index contributed by atoms with van der Waals surface area (Å²) in [6.07, 6.45) is -0.440. The molecule has 1 fully saturated rings. The molecule has 1 saturated heterocycles. The lowest BCUT2D eigenvalue weighted by Gasteiger charge is -2.24. The molecule has 2 aromatic carbocycles. The fraction of sp³-hybridized carbons (Fsp3) is 0.350. The zero-order chi connectivity index (χ0) is 18.4. The van der Waals surface area contributed by atoms with Gasteiger partial charge in [0.05, 0.1) is 12.6 Å². The summed E-state index contributed by atoms with van der Waals surface area (Å²) in [5, 5.41) is 6.11. The van der Waals surface area contributed by atoms with Crippen molar-refractivity contribution in [2.75, 3.05) is 19.7 Å². The normalized spacial score (nSPS) is 18.2. The predicted molar refractivity (Wildman–Crippen MR) is 96.3 cm³/mol. The first-order valence-corrected chi connectivity index (χ1v) is 8.72. The van der Waals surface area contributed by atoms with Gasteiger partial charge in [-0.15, -0.1) is 0 Å². The van der Waals surface area contributed by atoms with E-state index in [0.717, 1.165) is 23.4 Å². The standard InChI is InChI=1S/C20H23FN2O3/c1-14(23-20(24)19-12-22-10-11-25-19)16-4-8-18(9-5-16)26-13-15-2-6-17(21)7-3-15/h2-9,14,19,22H,10-13H2,1H3,(H,23,24). The van der Waals surface area contributed by atoms with Gasteiger partial charge in [0.15, 0.2) is 0 Å². The van der Waals surface area contributed by atoms with E-state index in [1.807, 2.05) is 31.2 Å². The number of carbonyl (C=O) groups is 1. The van der Waals surface area contributed by atoms with Gasteiger partial charge in [0.2, 0.25) is 0 Å². The van der Waals surface area contributed by atoms with Crippen LogP contribution < -0.4 is 15.4 Å². The SMILES string of the molecule is CC(NC(=O)C1CNCCO1)c1ccc(OCc2ccc(F)cc2)cc1. The van der Waals surface area contributed by atoms with E-state index in [2.05, 4.69) is 10.6 Å². The van der Waals surface area contributed by atoms with Gasteiger partial charge in [0.25, 0.3) is 5.91 Å². The molecule has 2 atom stereocenters. The highest BCUT2D eigenvalue weighted by Crippen LogP contribution is 2.19. The zero-order valence-electron chi connectivity index (χ0n) is 14.7. The minimum Gasteiger partial charge on any atom is -0.489 e. The van der Waals surface area contributed by atoms with E-state index in [1.165, 1.54) is 12.1 Å². The second-order valence-corrected chi connectivity index (χ2v) is 6.28. The van der Waals surface area contributed by atoms with Gasteiger partial charge >= 0.3 is 0 Å². The molecule has 1 heterocycles. The number of hydrogen-bond acceptors (Lipinski definition) is 4. The summed E-state index contributed by atoms with van der Waals surface area (Å²) < 4.78 is 24.1. The zero-order valence-corrected chi connectivity index (χ0v) is 14.7. The molecule has 1 aliphatic heterocycles. The summed E-state index contributed by atoms with van der Waals surface area (Å²) in [4.78, 5) is 12.2. The van der Waals surface area contributed by atoms with Crippen LogP contribution in [0.2, 0.25) is 0 Å². The number of benzene rings is 2. The number of halogens is 1. The second-order valence-electron chi connectivity index (χ2n) is 6.28. The minimum atomic E-state index is -0.440.